The van der Waals surface area contributed by atoms with Crippen LogP contribution in [-0.2, 0) is 10.3 Å². The molecule has 0 unspecified atom stereocenters. The summed E-state index contributed by atoms with van der Waals surface area (Å²) in [6, 6.07) is 1.49. The minimum absolute atomic E-state index is 0.117. The molecule has 0 amide bonds. The maximum absolute atomic E-state index is 11.4. The molecule has 4 heteroatoms. The van der Waals surface area contributed by atoms with Crippen molar-refractivity contribution in [1.29, 1.82) is 0 Å². The minimum Gasteiger partial charge on any atom is -0.367 e. The third kappa shape index (κ3) is 2.50. The second kappa shape index (κ2) is 5.25. The molecule has 90 valence electrons. The minimum atomic E-state index is -0.458. The summed E-state index contributed by atoms with van der Waals surface area (Å²) >= 11 is 0. The third-order valence-electron chi connectivity index (χ3n) is 2.86. The van der Waals surface area contributed by atoms with Crippen molar-refractivity contribution < 1.29 is 4.74 Å². The van der Waals surface area contributed by atoms with Gasteiger partial charge in [0.15, 0.2) is 0 Å². The Morgan fingerprint density at radius 2 is 2.00 bits per heavy atom. The summed E-state index contributed by atoms with van der Waals surface area (Å²) in [6.45, 7) is 8.47. The van der Waals surface area contributed by atoms with E-state index in [0.717, 1.165) is 18.5 Å². The molecule has 1 aromatic rings. The van der Waals surface area contributed by atoms with Crippen LogP contribution in [0.5, 0.6) is 0 Å². The van der Waals surface area contributed by atoms with Gasteiger partial charge in [-0.25, -0.2) is 4.98 Å². The Balaban J connectivity index is 3.24. The van der Waals surface area contributed by atoms with Crippen molar-refractivity contribution in [2.45, 2.75) is 46.1 Å². The molecule has 0 fully saturated rings. The van der Waals surface area contributed by atoms with E-state index in [1.54, 1.807) is 0 Å². The number of hydrogen-bond acceptors (Lipinski definition) is 3. The van der Waals surface area contributed by atoms with Gasteiger partial charge in [0.25, 0.3) is 5.56 Å². The molecular formula is C12H20N2O2. The summed E-state index contributed by atoms with van der Waals surface area (Å²) in [7, 11) is 0. The van der Waals surface area contributed by atoms with Crippen LogP contribution < -0.4 is 5.56 Å². The fourth-order valence-electron chi connectivity index (χ4n) is 1.93. The molecule has 4 nitrogen and oxygen atoms in total. The first kappa shape index (κ1) is 12.9. The fourth-order valence-corrected chi connectivity index (χ4v) is 1.93. The molecule has 1 aromatic heterocycles. The highest BCUT2D eigenvalue weighted by Crippen LogP contribution is 2.29. The van der Waals surface area contributed by atoms with E-state index in [1.165, 1.54) is 6.07 Å². The molecule has 0 radical (unpaired) electrons. The van der Waals surface area contributed by atoms with Gasteiger partial charge in [0.1, 0.15) is 11.4 Å². The Labute approximate surface area is 96.1 Å². The molecule has 0 aliphatic heterocycles. The van der Waals surface area contributed by atoms with Crippen LogP contribution in [0.2, 0.25) is 0 Å². The number of rotatable bonds is 5. The molecule has 1 N–H and O–H groups in total. The van der Waals surface area contributed by atoms with Crippen LogP contribution in [0.1, 0.15) is 45.1 Å². The van der Waals surface area contributed by atoms with E-state index in [9.17, 15) is 4.79 Å². The first-order chi connectivity index (χ1) is 7.57. The van der Waals surface area contributed by atoms with Crippen LogP contribution >= 0.6 is 0 Å². The Morgan fingerprint density at radius 3 is 2.44 bits per heavy atom. The molecule has 0 spiro atoms. The first-order valence-corrected chi connectivity index (χ1v) is 5.80. The van der Waals surface area contributed by atoms with Crippen LogP contribution in [0.25, 0.3) is 0 Å². The van der Waals surface area contributed by atoms with E-state index < -0.39 is 5.60 Å². The van der Waals surface area contributed by atoms with Gasteiger partial charge in [0, 0.05) is 18.4 Å². The highest BCUT2D eigenvalue weighted by molar-refractivity contribution is 5.07. The summed E-state index contributed by atoms with van der Waals surface area (Å²) in [5, 5.41) is 0. The number of nitrogens with one attached hydrogen (secondary N) is 1. The third-order valence-corrected chi connectivity index (χ3v) is 2.86. The Hall–Kier alpha value is -1.16. The molecule has 0 atom stereocenters. The Morgan fingerprint density at radius 1 is 1.38 bits per heavy atom. The molecule has 16 heavy (non-hydrogen) atoms. The van der Waals surface area contributed by atoms with Crippen LogP contribution in [0.3, 0.4) is 0 Å². The summed E-state index contributed by atoms with van der Waals surface area (Å²) in [5.74, 6) is 0.643. The molecule has 0 saturated carbocycles. The number of nitrogens with zero attached hydrogens (tertiary/aromatic N) is 1. The zero-order chi connectivity index (χ0) is 12.2. The maximum atomic E-state index is 11.4. The number of H-pyrrole nitrogens is 1. The fraction of sp³-hybridized carbons (Fsp3) is 0.667. The van der Waals surface area contributed by atoms with E-state index in [0.29, 0.717) is 12.4 Å². The van der Waals surface area contributed by atoms with E-state index in [-0.39, 0.29) is 5.56 Å². The average Bonchev–Trinajstić information content (AvgIpc) is 2.24. The van der Waals surface area contributed by atoms with E-state index >= 15 is 0 Å². The molecular weight excluding hydrogens is 204 g/mol. The number of ether oxygens (including phenoxy) is 1. The lowest BCUT2D eigenvalue weighted by Gasteiger charge is -2.30. The van der Waals surface area contributed by atoms with Gasteiger partial charge in [-0.1, -0.05) is 13.8 Å². The topological polar surface area (TPSA) is 55.0 Å². The van der Waals surface area contributed by atoms with Crippen LogP contribution in [-0.4, -0.2) is 16.6 Å². The van der Waals surface area contributed by atoms with Gasteiger partial charge in [-0.2, -0.15) is 0 Å². The standard InChI is InChI=1S/C12H20N2O2/c1-5-12(6-2,16-7-3)11-13-9(4)8-10(15)14-11/h8H,5-7H2,1-4H3,(H,13,14,15). The molecule has 0 aromatic carbocycles. The van der Waals surface area contributed by atoms with Gasteiger partial charge in [-0.15, -0.1) is 0 Å². The largest absolute Gasteiger partial charge is 0.367 e. The average molecular weight is 224 g/mol. The number of aromatic amines is 1. The number of aryl methyl sites for hydroxylation is 1. The van der Waals surface area contributed by atoms with Crippen molar-refractivity contribution in [3.05, 3.63) is 27.9 Å². The van der Waals surface area contributed by atoms with Gasteiger partial charge in [0.05, 0.1) is 0 Å². The van der Waals surface area contributed by atoms with Gasteiger partial charge >= 0.3 is 0 Å². The van der Waals surface area contributed by atoms with Crippen molar-refractivity contribution in [3.8, 4) is 0 Å². The quantitative estimate of drug-likeness (QED) is 0.833. The van der Waals surface area contributed by atoms with Crippen LogP contribution in [0, 0.1) is 6.92 Å². The summed E-state index contributed by atoms with van der Waals surface area (Å²) in [4.78, 5) is 18.6. The Bertz CT molecular complexity index is 394. The summed E-state index contributed by atoms with van der Waals surface area (Å²) < 4.78 is 5.79. The zero-order valence-electron chi connectivity index (χ0n) is 10.5. The predicted molar refractivity (Wildman–Crippen MR) is 63.5 cm³/mol. The van der Waals surface area contributed by atoms with Crippen molar-refractivity contribution in [2.24, 2.45) is 0 Å². The zero-order valence-corrected chi connectivity index (χ0v) is 10.5. The smallest absolute Gasteiger partial charge is 0.251 e. The van der Waals surface area contributed by atoms with Crippen LogP contribution in [0.15, 0.2) is 10.9 Å². The van der Waals surface area contributed by atoms with Gasteiger partial charge in [0.2, 0.25) is 0 Å². The Kier molecular flexibility index (Phi) is 4.24. The molecule has 1 rings (SSSR count). The molecule has 1 heterocycles. The van der Waals surface area contributed by atoms with Gasteiger partial charge in [-0.05, 0) is 26.7 Å². The molecule has 0 aliphatic rings. The highest BCUT2D eigenvalue weighted by atomic mass is 16.5. The lowest BCUT2D eigenvalue weighted by molar-refractivity contribution is -0.0574. The van der Waals surface area contributed by atoms with Crippen molar-refractivity contribution in [1.82, 2.24) is 9.97 Å². The lowest BCUT2D eigenvalue weighted by Crippen LogP contribution is -2.33. The molecule has 0 aliphatic carbocycles. The predicted octanol–water partition coefficient (Wildman–Crippen LogP) is 2.13. The maximum Gasteiger partial charge on any atom is 0.251 e. The second-order valence-corrected chi connectivity index (χ2v) is 3.87. The normalized spacial score (nSPS) is 11.8. The first-order valence-electron chi connectivity index (χ1n) is 5.80. The van der Waals surface area contributed by atoms with E-state index in [2.05, 4.69) is 9.97 Å². The van der Waals surface area contributed by atoms with Crippen molar-refractivity contribution in [2.75, 3.05) is 6.61 Å². The summed E-state index contributed by atoms with van der Waals surface area (Å²) in [6.07, 6.45) is 1.59. The van der Waals surface area contributed by atoms with Crippen LogP contribution in [0.4, 0.5) is 0 Å². The van der Waals surface area contributed by atoms with E-state index in [4.69, 9.17) is 4.74 Å². The van der Waals surface area contributed by atoms with Gasteiger partial charge in [-0.3, -0.25) is 4.79 Å². The number of aromatic nitrogens is 2. The SMILES string of the molecule is CCOC(CC)(CC)c1nc(C)cc(=O)[nH]1. The molecule has 0 bridgehead atoms. The van der Waals surface area contributed by atoms with E-state index in [1.807, 2.05) is 27.7 Å². The number of hydrogen-bond donors (Lipinski definition) is 1. The summed E-state index contributed by atoms with van der Waals surface area (Å²) in [5.41, 5.74) is 0.151. The highest BCUT2D eigenvalue weighted by Gasteiger charge is 2.31. The lowest BCUT2D eigenvalue weighted by atomic mass is 9.96. The van der Waals surface area contributed by atoms with Crippen molar-refractivity contribution in [3.63, 3.8) is 0 Å². The monoisotopic (exact) mass is 224 g/mol. The van der Waals surface area contributed by atoms with Gasteiger partial charge < -0.3 is 9.72 Å². The second-order valence-electron chi connectivity index (χ2n) is 3.87. The van der Waals surface area contributed by atoms with Crippen molar-refractivity contribution >= 4 is 0 Å². The molecule has 0 saturated heterocycles.